The molecule has 0 aliphatic heterocycles. The lowest BCUT2D eigenvalue weighted by atomic mass is 10.5. The number of nitrogens with zero attached hydrogens (tertiary/aromatic N) is 2. The third-order valence-electron chi connectivity index (χ3n) is 1.53. The van der Waals surface area contributed by atoms with E-state index >= 15 is 0 Å². The van der Waals surface area contributed by atoms with Crippen LogP contribution in [0.15, 0.2) is 10.9 Å². The molecule has 0 bridgehead atoms. The van der Waals surface area contributed by atoms with E-state index in [0.717, 1.165) is 6.54 Å². The highest BCUT2D eigenvalue weighted by Gasteiger charge is 2.09. The average molecular weight is 267 g/mol. The van der Waals surface area contributed by atoms with Crippen LogP contribution < -0.4 is 0 Å². The molecule has 0 atom stereocenters. The summed E-state index contributed by atoms with van der Waals surface area (Å²) in [5.74, 6) is -0.00139. The van der Waals surface area contributed by atoms with E-state index in [4.69, 9.17) is 0 Å². The van der Waals surface area contributed by atoms with Gasteiger partial charge in [-0.15, -0.1) is 0 Å². The van der Waals surface area contributed by atoms with Crippen LogP contribution in [-0.2, 0) is 22.1 Å². The highest BCUT2D eigenvalue weighted by atomic mass is 79.9. The van der Waals surface area contributed by atoms with Crippen LogP contribution in [0.3, 0.4) is 0 Å². The van der Waals surface area contributed by atoms with Gasteiger partial charge < -0.3 is 4.57 Å². The summed E-state index contributed by atoms with van der Waals surface area (Å²) in [5, 5.41) is 0. The van der Waals surface area contributed by atoms with Gasteiger partial charge in [0.25, 0.3) is 0 Å². The second-order valence-electron chi connectivity index (χ2n) is 2.86. The first-order valence-corrected chi connectivity index (χ1v) is 6.67. The maximum Gasteiger partial charge on any atom is 0.177 e. The Morgan fingerprint density at radius 2 is 2.23 bits per heavy atom. The predicted octanol–water partition coefficient (Wildman–Crippen LogP) is 1.21. The molecule has 74 valence electrons. The molecule has 0 aliphatic rings. The molecule has 1 rings (SSSR count). The summed E-state index contributed by atoms with van der Waals surface area (Å²) < 4.78 is 24.4. The number of sulfone groups is 1. The van der Waals surface area contributed by atoms with Crippen LogP contribution in [0.4, 0.5) is 0 Å². The number of rotatable bonds is 3. The second kappa shape index (κ2) is 3.79. The third kappa shape index (κ3) is 3.11. The van der Waals surface area contributed by atoms with Crippen molar-refractivity contribution in [2.24, 2.45) is 0 Å². The Kier molecular flexibility index (Phi) is 3.13. The minimum Gasteiger partial charge on any atom is -0.326 e. The molecular formula is C7H11BrN2O2S. The molecule has 13 heavy (non-hydrogen) atoms. The summed E-state index contributed by atoms with van der Waals surface area (Å²) in [4.78, 5) is 4.07. The number of imidazole rings is 1. The Labute approximate surface area is 86.0 Å². The Balaban J connectivity index is 2.92. The van der Waals surface area contributed by atoms with Gasteiger partial charge in [0.2, 0.25) is 0 Å². The molecule has 1 aromatic heterocycles. The molecule has 0 amide bonds. The van der Waals surface area contributed by atoms with Gasteiger partial charge in [0.1, 0.15) is 0 Å². The zero-order valence-corrected chi connectivity index (χ0v) is 9.89. The normalized spacial score (nSPS) is 11.9. The van der Waals surface area contributed by atoms with Crippen molar-refractivity contribution in [1.29, 1.82) is 0 Å². The van der Waals surface area contributed by atoms with Crippen molar-refractivity contribution in [2.75, 3.05) is 6.26 Å². The summed E-state index contributed by atoms with van der Waals surface area (Å²) >= 11 is 3.24. The van der Waals surface area contributed by atoms with E-state index in [-0.39, 0.29) is 5.75 Å². The molecular weight excluding hydrogens is 256 g/mol. The van der Waals surface area contributed by atoms with Crippen LogP contribution >= 0.6 is 15.9 Å². The van der Waals surface area contributed by atoms with E-state index in [1.54, 1.807) is 6.20 Å². The van der Waals surface area contributed by atoms with Gasteiger partial charge >= 0.3 is 0 Å². The summed E-state index contributed by atoms with van der Waals surface area (Å²) in [7, 11) is -2.99. The first-order valence-electron chi connectivity index (χ1n) is 3.81. The van der Waals surface area contributed by atoms with Crippen molar-refractivity contribution in [3.05, 3.63) is 16.6 Å². The topological polar surface area (TPSA) is 52.0 Å². The first kappa shape index (κ1) is 10.7. The standard InChI is InChI=1S/C7H11BrN2O2S/c1-3-10-4-6(9-7(10)8)5-13(2,11)12/h4H,3,5H2,1-2H3. The fourth-order valence-electron chi connectivity index (χ4n) is 1.00. The van der Waals surface area contributed by atoms with Crippen LogP contribution in [-0.4, -0.2) is 24.2 Å². The molecule has 0 aliphatic carbocycles. The fraction of sp³-hybridized carbons (Fsp3) is 0.571. The SMILES string of the molecule is CCn1cc(CS(C)(=O)=O)nc1Br. The minimum atomic E-state index is -2.99. The molecule has 6 heteroatoms. The molecule has 0 spiro atoms. The molecule has 0 fully saturated rings. The third-order valence-corrected chi connectivity index (χ3v) is 2.98. The van der Waals surface area contributed by atoms with Gasteiger partial charge in [-0.2, -0.15) is 0 Å². The van der Waals surface area contributed by atoms with Gasteiger partial charge in [-0.3, -0.25) is 0 Å². The number of hydrogen-bond donors (Lipinski definition) is 0. The number of aryl methyl sites for hydroxylation is 1. The largest absolute Gasteiger partial charge is 0.326 e. The zero-order valence-electron chi connectivity index (χ0n) is 7.49. The monoisotopic (exact) mass is 266 g/mol. The van der Waals surface area contributed by atoms with Crippen molar-refractivity contribution in [3.63, 3.8) is 0 Å². The Hall–Kier alpha value is -0.360. The van der Waals surface area contributed by atoms with Gasteiger partial charge in [0.05, 0.1) is 11.4 Å². The van der Waals surface area contributed by atoms with Crippen LogP contribution in [0.1, 0.15) is 12.6 Å². The number of halogens is 1. The molecule has 4 nitrogen and oxygen atoms in total. The highest BCUT2D eigenvalue weighted by molar-refractivity contribution is 9.10. The van der Waals surface area contributed by atoms with Gasteiger partial charge in [-0.1, -0.05) is 0 Å². The smallest absolute Gasteiger partial charge is 0.177 e. The molecule has 1 heterocycles. The van der Waals surface area contributed by atoms with Crippen molar-refractivity contribution < 1.29 is 8.42 Å². The highest BCUT2D eigenvalue weighted by Crippen LogP contribution is 2.11. The van der Waals surface area contributed by atoms with Crippen molar-refractivity contribution in [1.82, 2.24) is 9.55 Å². The van der Waals surface area contributed by atoms with E-state index in [1.165, 1.54) is 6.26 Å². The Morgan fingerprint density at radius 1 is 1.62 bits per heavy atom. The van der Waals surface area contributed by atoms with Crippen LogP contribution in [0.5, 0.6) is 0 Å². The maximum atomic E-state index is 10.9. The Bertz CT molecular complexity index is 397. The van der Waals surface area contributed by atoms with Gasteiger partial charge in [0, 0.05) is 19.0 Å². The summed E-state index contributed by atoms with van der Waals surface area (Å²) in [5.41, 5.74) is 0.580. The number of hydrogen-bond acceptors (Lipinski definition) is 3. The lowest BCUT2D eigenvalue weighted by Gasteiger charge is -1.94. The maximum absolute atomic E-state index is 10.9. The molecule has 0 unspecified atom stereocenters. The van der Waals surface area contributed by atoms with Crippen molar-refractivity contribution >= 4 is 25.8 Å². The van der Waals surface area contributed by atoms with Crippen LogP contribution in [0, 0.1) is 0 Å². The molecule has 0 saturated carbocycles. The van der Waals surface area contributed by atoms with Gasteiger partial charge in [-0.05, 0) is 22.9 Å². The first-order chi connectivity index (χ1) is 5.92. The zero-order chi connectivity index (χ0) is 10.1. The Morgan fingerprint density at radius 3 is 2.62 bits per heavy atom. The lowest BCUT2D eigenvalue weighted by Crippen LogP contribution is -2.00. The molecule has 1 aromatic rings. The fourth-order valence-corrected chi connectivity index (χ4v) is 2.26. The van der Waals surface area contributed by atoms with E-state index in [1.807, 2.05) is 11.5 Å². The molecule has 0 aromatic carbocycles. The summed E-state index contributed by atoms with van der Waals surface area (Å²) in [6.07, 6.45) is 2.94. The summed E-state index contributed by atoms with van der Waals surface area (Å²) in [6, 6.07) is 0. The van der Waals surface area contributed by atoms with Crippen molar-refractivity contribution in [3.8, 4) is 0 Å². The van der Waals surface area contributed by atoms with Crippen LogP contribution in [0.2, 0.25) is 0 Å². The summed E-state index contributed by atoms with van der Waals surface area (Å²) in [6.45, 7) is 2.74. The van der Waals surface area contributed by atoms with Gasteiger partial charge in [0.15, 0.2) is 14.6 Å². The van der Waals surface area contributed by atoms with E-state index in [0.29, 0.717) is 10.4 Å². The number of aromatic nitrogens is 2. The average Bonchev–Trinajstić information content (AvgIpc) is 2.26. The van der Waals surface area contributed by atoms with E-state index in [2.05, 4.69) is 20.9 Å². The molecule has 0 N–H and O–H groups in total. The molecule has 0 radical (unpaired) electrons. The second-order valence-corrected chi connectivity index (χ2v) is 5.71. The minimum absolute atomic E-state index is 0.00139. The van der Waals surface area contributed by atoms with Gasteiger partial charge in [-0.25, -0.2) is 13.4 Å². The van der Waals surface area contributed by atoms with E-state index < -0.39 is 9.84 Å². The quantitative estimate of drug-likeness (QED) is 0.827. The van der Waals surface area contributed by atoms with E-state index in [9.17, 15) is 8.42 Å². The molecule has 0 saturated heterocycles. The van der Waals surface area contributed by atoms with Crippen LogP contribution in [0.25, 0.3) is 0 Å². The predicted molar refractivity (Wildman–Crippen MR) is 54.1 cm³/mol. The lowest BCUT2D eigenvalue weighted by molar-refractivity contribution is 0.600. The van der Waals surface area contributed by atoms with Crippen molar-refractivity contribution in [2.45, 2.75) is 19.2 Å².